The van der Waals surface area contributed by atoms with Gasteiger partial charge in [-0.2, -0.15) is 0 Å². The number of likely N-dealkylation sites (tertiary alicyclic amines) is 1. The second-order valence-corrected chi connectivity index (χ2v) is 6.39. The summed E-state index contributed by atoms with van der Waals surface area (Å²) < 4.78 is 5.10. The molecule has 2 aromatic rings. The molecule has 0 spiro atoms. The van der Waals surface area contributed by atoms with Gasteiger partial charge in [0.2, 0.25) is 0 Å². The number of nitrogens with zero attached hydrogens (tertiary/aromatic N) is 2. The zero-order valence-electron chi connectivity index (χ0n) is 11.7. The highest BCUT2D eigenvalue weighted by atomic mass is 32.1. The lowest BCUT2D eigenvalue weighted by molar-refractivity contribution is 0.0595. The minimum Gasteiger partial charge on any atom is -0.472 e. The highest BCUT2D eigenvalue weighted by Crippen LogP contribution is 2.26. The standard InChI is InChI=1S/C15H20N2O2S/c1-11(18)12-3-2-5-17(7-12)8-14-10-20-15(16-14)13-4-6-19-9-13/h4,6,9-12,18H,2-3,5,7-8H2,1H3/t11-,12-/m0/s1. The minimum absolute atomic E-state index is 0.213. The fourth-order valence-corrected chi connectivity index (χ4v) is 3.55. The summed E-state index contributed by atoms with van der Waals surface area (Å²) >= 11 is 1.66. The lowest BCUT2D eigenvalue weighted by Crippen LogP contribution is -2.39. The number of piperidine rings is 1. The maximum atomic E-state index is 9.74. The summed E-state index contributed by atoms with van der Waals surface area (Å²) in [4.78, 5) is 7.07. The van der Waals surface area contributed by atoms with Crippen LogP contribution >= 0.6 is 11.3 Å². The highest BCUT2D eigenvalue weighted by Gasteiger charge is 2.23. The van der Waals surface area contributed by atoms with Crippen LogP contribution in [0.2, 0.25) is 0 Å². The number of rotatable bonds is 4. The Morgan fingerprint density at radius 3 is 3.25 bits per heavy atom. The van der Waals surface area contributed by atoms with E-state index in [1.165, 1.54) is 0 Å². The van der Waals surface area contributed by atoms with Crippen LogP contribution in [-0.4, -0.2) is 34.2 Å². The first kappa shape index (κ1) is 13.8. The van der Waals surface area contributed by atoms with Gasteiger partial charge < -0.3 is 9.52 Å². The second-order valence-electron chi connectivity index (χ2n) is 5.53. The third-order valence-electron chi connectivity index (χ3n) is 3.93. The van der Waals surface area contributed by atoms with Crippen molar-refractivity contribution in [2.45, 2.75) is 32.4 Å². The van der Waals surface area contributed by atoms with Gasteiger partial charge in [-0.1, -0.05) is 0 Å². The quantitative estimate of drug-likeness (QED) is 0.941. The van der Waals surface area contributed by atoms with Crippen LogP contribution in [0.15, 0.2) is 28.4 Å². The summed E-state index contributed by atoms with van der Waals surface area (Å²) in [5.41, 5.74) is 2.15. The average Bonchev–Trinajstić information content (AvgIpc) is 3.09. The van der Waals surface area contributed by atoms with Crippen molar-refractivity contribution in [3.63, 3.8) is 0 Å². The van der Waals surface area contributed by atoms with E-state index in [9.17, 15) is 5.11 Å². The Balaban J connectivity index is 1.63. The third kappa shape index (κ3) is 3.11. The maximum absolute atomic E-state index is 9.74. The van der Waals surface area contributed by atoms with Crippen molar-refractivity contribution in [3.8, 4) is 10.6 Å². The van der Waals surface area contributed by atoms with Crippen LogP contribution < -0.4 is 0 Å². The van der Waals surface area contributed by atoms with Crippen LogP contribution in [0.1, 0.15) is 25.5 Å². The van der Waals surface area contributed by atoms with Crippen molar-refractivity contribution in [2.75, 3.05) is 13.1 Å². The molecule has 5 heteroatoms. The summed E-state index contributed by atoms with van der Waals surface area (Å²) in [7, 11) is 0. The van der Waals surface area contributed by atoms with Crippen molar-refractivity contribution < 1.29 is 9.52 Å². The molecule has 108 valence electrons. The molecule has 0 saturated carbocycles. The molecule has 20 heavy (non-hydrogen) atoms. The Morgan fingerprint density at radius 1 is 1.60 bits per heavy atom. The molecule has 0 bridgehead atoms. The van der Waals surface area contributed by atoms with E-state index in [-0.39, 0.29) is 6.10 Å². The average molecular weight is 292 g/mol. The third-order valence-corrected chi connectivity index (χ3v) is 4.87. The van der Waals surface area contributed by atoms with Gasteiger partial charge in [-0.3, -0.25) is 4.90 Å². The second kappa shape index (κ2) is 6.08. The fraction of sp³-hybridized carbons (Fsp3) is 0.533. The molecular weight excluding hydrogens is 272 g/mol. The van der Waals surface area contributed by atoms with E-state index < -0.39 is 0 Å². The fourth-order valence-electron chi connectivity index (χ4n) is 2.76. The number of aliphatic hydroxyl groups excluding tert-OH is 1. The Bertz CT molecular complexity index is 536. The Morgan fingerprint density at radius 2 is 2.50 bits per heavy atom. The maximum Gasteiger partial charge on any atom is 0.126 e. The number of aromatic nitrogens is 1. The molecule has 0 amide bonds. The Labute approximate surface area is 123 Å². The summed E-state index contributed by atoms with van der Waals surface area (Å²) in [5.74, 6) is 0.399. The van der Waals surface area contributed by atoms with Crippen LogP contribution in [0, 0.1) is 5.92 Å². The number of aliphatic hydroxyl groups is 1. The number of furan rings is 1. The molecule has 0 aliphatic carbocycles. The molecule has 4 nitrogen and oxygen atoms in total. The van der Waals surface area contributed by atoms with E-state index in [1.54, 1.807) is 23.9 Å². The normalized spacial score (nSPS) is 22.0. The van der Waals surface area contributed by atoms with Crippen molar-refractivity contribution in [3.05, 3.63) is 29.7 Å². The largest absolute Gasteiger partial charge is 0.472 e. The Kier molecular flexibility index (Phi) is 4.19. The summed E-state index contributed by atoms with van der Waals surface area (Å²) in [5, 5.41) is 12.9. The molecule has 0 unspecified atom stereocenters. The molecule has 2 aromatic heterocycles. The predicted octanol–water partition coefficient (Wildman–Crippen LogP) is 3.00. The summed E-state index contributed by atoms with van der Waals surface area (Å²) in [6.45, 7) is 4.84. The van der Waals surface area contributed by atoms with Gasteiger partial charge in [-0.05, 0) is 38.3 Å². The number of hydrogen-bond acceptors (Lipinski definition) is 5. The zero-order valence-corrected chi connectivity index (χ0v) is 12.5. The van der Waals surface area contributed by atoms with Gasteiger partial charge in [0, 0.05) is 24.0 Å². The highest BCUT2D eigenvalue weighted by molar-refractivity contribution is 7.13. The van der Waals surface area contributed by atoms with E-state index in [2.05, 4.69) is 15.3 Å². The van der Waals surface area contributed by atoms with E-state index in [1.807, 2.05) is 13.0 Å². The number of thiazole rings is 1. The van der Waals surface area contributed by atoms with Gasteiger partial charge in [-0.25, -0.2) is 4.98 Å². The number of hydrogen-bond donors (Lipinski definition) is 1. The molecule has 3 heterocycles. The van der Waals surface area contributed by atoms with Crippen molar-refractivity contribution in [1.82, 2.24) is 9.88 Å². The van der Waals surface area contributed by atoms with Crippen LogP contribution in [0.25, 0.3) is 10.6 Å². The molecule has 1 aliphatic heterocycles. The van der Waals surface area contributed by atoms with Crippen molar-refractivity contribution >= 4 is 11.3 Å². The first-order valence-corrected chi connectivity index (χ1v) is 7.98. The van der Waals surface area contributed by atoms with Gasteiger partial charge in [-0.15, -0.1) is 11.3 Å². The van der Waals surface area contributed by atoms with Crippen LogP contribution in [0.5, 0.6) is 0 Å². The SMILES string of the molecule is C[C@H](O)[C@H]1CCCN(Cc2csc(-c3ccoc3)n2)C1. The van der Waals surface area contributed by atoms with Crippen LogP contribution in [0.3, 0.4) is 0 Å². The molecule has 0 aromatic carbocycles. The molecule has 0 radical (unpaired) electrons. The monoisotopic (exact) mass is 292 g/mol. The van der Waals surface area contributed by atoms with E-state index in [4.69, 9.17) is 4.42 Å². The Hall–Kier alpha value is -1.17. The van der Waals surface area contributed by atoms with E-state index >= 15 is 0 Å². The summed E-state index contributed by atoms with van der Waals surface area (Å²) in [6.07, 6.45) is 5.48. The van der Waals surface area contributed by atoms with Crippen molar-refractivity contribution in [2.24, 2.45) is 5.92 Å². The molecular formula is C15H20N2O2S. The first-order chi connectivity index (χ1) is 9.72. The topological polar surface area (TPSA) is 49.5 Å². The first-order valence-electron chi connectivity index (χ1n) is 7.10. The van der Waals surface area contributed by atoms with E-state index in [0.717, 1.165) is 48.7 Å². The molecule has 3 rings (SSSR count). The van der Waals surface area contributed by atoms with Gasteiger partial charge >= 0.3 is 0 Å². The predicted molar refractivity (Wildman–Crippen MR) is 79.5 cm³/mol. The zero-order chi connectivity index (χ0) is 13.9. The smallest absolute Gasteiger partial charge is 0.126 e. The van der Waals surface area contributed by atoms with Gasteiger partial charge in [0.25, 0.3) is 0 Å². The van der Waals surface area contributed by atoms with Crippen molar-refractivity contribution in [1.29, 1.82) is 0 Å². The summed E-state index contributed by atoms with van der Waals surface area (Å²) in [6, 6.07) is 1.94. The van der Waals surface area contributed by atoms with Gasteiger partial charge in [0.15, 0.2) is 0 Å². The van der Waals surface area contributed by atoms with E-state index in [0.29, 0.717) is 5.92 Å². The van der Waals surface area contributed by atoms with Crippen LogP contribution in [-0.2, 0) is 6.54 Å². The molecule has 1 saturated heterocycles. The molecule has 1 N–H and O–H groups in total. The van der Waals surface area contributed by atoms with Gasteiger partial charge in [0.1, 0.15) is 11.3 Å². The molecule has 2 atom stereocenters. The molecule has 1 fully saturated rings. The lowest BCUT2D eigenvalue weighted by Gasteiger charge is -2.33. The lowest BCUT2D eigenvalue weighted by atomic mass is 9.93. The van der Waals surface area contributed by atoms with Crippen LogP contribution in [0.4, 0.5) is 0 Å². The minimum atomic E-state index is -0.213. The molecule has 1 aliphatic rings. The van der Waals surface area contributed by atoms with Gasteiger partial charge in [0.05, 0.1) is 18.1 Å².